The largest absolute Gasteiger partial charge is 0.497 e. The number of rotatable bonds is 6. The molecule has 1 amide bonds. The highest BCUT2D eigenvalue weighted by molar-refractivity contribution is 5.76. The van der Waals surface area contributed by atoms with Gasteiger partial charge in [-0.3, -0.25) is 4.79 Å². The van der Waals surface area contributed by atoms with Crippen LogP contribution < -0.4 is 10.1 Å². The van der Waals surface area contributed by atoms with Crippen LogP contribution in [0.5, 0.6) is 5.75 Å². The first kappa shape index (κ1) is 15.1. The molecule has 5 nitrogen and oxygen atoms in total. The predicted octanol–water partition coefficient (Wildman–Crippen LogP) is 2.59. The maximum absolute atomic E-state index is 12.1. The summed E-state index contributed by atoms with van der Waals surface area (Å²) in [4.78, 5) is 12.1. The minimum atomic E-state index is 0.0364. The highest BCUT2D eigenvalue weighted by atomic mass is 16.5. The molecular weight excluding hydrogens is 290 g/mol. The van der Waals surface area contributed by atoms with Gasteiger partial charge < -0.3 is 10.1 Å². The van der Waals surface area contributed by atoms with Crippen molar-refractivity contribution in [2.45, 2.75) is 19.4 Å². The molecule has 2 aromatic heterocycles. The van der Waals surface area contributed by atoms with E-state index in [-0.39, 0.29) is 5.91 Å². The fourth-order valence-electron chi connectivity index (χ4n) is 2.53. The van der Waals surface area contributed by atoms with Gasteiger partial charge in [-0.15, -0.1) is 0 Å². The molecular formula is C18H19N3O2. The Bertz CT molecular complexity index is 811. The molecule has 0 bridgehead atoms. The topological polar surface area (TPSA) is 55.6 Å². The van der Waals surface area contributed by atoms with Gasteiger partial charge in [0, 0.05) is 25.4 Å². The van der Waals surface area contributed by atoms with Gasteiger partial charge in [0.25, 0.3) is 0 Å². The lowest BCUT2D eigenvalue weighted by atomic mass is 10.1. The van der Waals surface area contributed by atoms with Crippen molar-refractivity contribution in [2.75, 3.05) is 7.11 Å². The van der Waals surface area contributed by atoms with Gasteiger partial charge in [-0.25, -0.2) is 4.52 Å². The first-order valence-electron chi connectivity index (χ1n) is 7.57. The van der Waals surface area contributed by atoms with Crippen molar-refractivity contribution in [3.63, 3.8) is 0 Å². The molecule has 1 aromatic carbocycles. The van der Waals surface area contributed by atoms with Crippen LogP contribution >= 0.6 is 0 Å². The third kappa shape index (κ3) is 3.69. The Morgan fingerprint density at radius 1 is 1.26 bits per heavy atom. The van der Waals surface area contributed by atoms with Crippen molar-refractivity contribution < 1.29 is 9.53 Å². The summed E-state index contributed by atoms with van der Waals surface area (Å²) >= 11 is 0. The van der Waals surface area contributed by atoms with E-state index in [0.29, 0.717) is 19.4 Å². The number of hydrogen-bond acceptors (Lipinski definition) is 3. The molecule has 118 valence electrons. The molecule has 5 heteroatoms. The van der Waals surface area contributed by atoms with Crippen molar-refractivity contribution in [3.05, 3.63) is 66.0 Å². The monoisotopic (exact) mass is 309 g/mol. The van der Waals surface area contributed by atoms with E-state index >= 15 is 0 Å². The number of carbonyl (C=O) groups excluding carboxylic acids is 1. The van der Waals surface area contributed by atoms with Crippen molar-refractivity contribution in [2.24, 2.45) is 0 Å². The van der Waals surface area contributed by atoms with Gasteiger partial charge in [0.15, 0.2) is 0 Å². The zero-order chi connectivity index (χ0) is 16.1. The molecule has 0 aliphatic heterocycles. The van der Waals surface area contributed by atoms with Gasteiger partial charge >= 0.3 is 0 Å². The Balaban J connectivity index is 1.54. The van der Waals surface area contributed by atoms with E-state index in [2.05, 4.69) is 10.4 Å². The summed E-state index contributed by atoms with van der Waals surface area (Å²) in [7, 11) is 1.64. The van der Waals surface area contributed by atoms with Crippen LogP contribution in [0.4, 0.5) is 0 Å². The zero-order valence-corrected chi connectivity index (χ0v) is 13.0. The summed E-state index contributed by atoms with van der Waals surface area (Å²) in [6.45, 7) is 0.507. The fourth-order valence-corrected chi connectivity index (χ4v) is 2.53. The summed E-state index contributed by atoms with van der Waals surface area (Å²) in [6, 6.07) is 13.7. The van der Waals surface area contributed by atoms with Crippen molar-refractivity contribution in [1.82, 2.24) is 14.9 Å². The number of aryl methyl sites for hydroxylation is 1. The molecule has 0 aliphatic carbocycles. The first-order chi connectivity index (χ1) is 11.3. The number of pyridine rings is 1. The van der Waals surface area contributed by atoms with Crippen LogP contribution in [0.15, 0.2) is 54.9 Å². The third-order valence-corrected chi connectivity index (χ3v) is 3.77. The van der Waals surface area contributed by atoms with Crippen LogP contribution in [0.2, 0.25) is 0 Å². The van der Waals surface area contributed by atoms with Crippen LogP contribution in [0.3, 0.4) is 0 Å². The third-order valence-electron chi connectivity index (χ3n) is 3.77. The Morgan fingerprint density at radius 2 is 2.17 bits per heavy atom. The number of carbonyl (C=O) groups is 1. The van der Waals surface area contributed by atoms with E-state index in [0.717, 1.165) is 22.4 Å². The molecule has 0 aliphatic rings. The number of nitrogens with zero attached hydrogens (tertiary/aromatic N) is 2. The maximum Gasteiger partial charge on any atom is 0.220 e. The van der Waals surface area contributed by atoms with Crippen molar-refractivity contribution >= 4 is 11.4 Å². The predicted molar refractivity (Wildman–Crippen MR) is 88.4 cm³/mol. The van der Waals surface area contributed by atoms with Crippen molar-refractivity contribution in [3.8, 4) is 5.75 Å². The van der Waals surface area contributed by atoms with E-state index in [4.69, 9.17) is 4.74 Å². The molecule has 0 unspecified atom stereocenters. The number of ether oxygens (including phenoxy) is 1. The minimum absolute atomic E-state index is 0.0364. The van der Waals surface area contributed by atoms with Crippen LogP contribution in [0.25, 0.3) is 5.52 Å². The second-order valence-electron chi connectivity index (χ2n) is 5.32. The summed E-state index contributed by atoms with van der Waals surface area (Å²) in [5, 5.41) is 7.16. The number of fused-ring (bicyclic) bond motifs is 1. The summed E-state index contributed by atoms with van der Waals surface area (Å²) in [6.07, 6.45) is 4.79. The molecule has 0 saturated heterocycles. The molecule has 0 saturated carbocycles. The lowest BCUT2D eigenvalue weighted by molar-refractivity contribution is -0.121. The van der Waals surface area contributed by atoms with Gasteiger partial charge in [-0.05, 0) is 41.8 Å². The van der Waals surface area contributed by atoms with Gasteiger partial charge in [0.05, 0.1) is 12.6 Å². The average molecular weight is 309 g/mol. The molecule has 3 aromatic rings. The smallest absolute Gasteiger partial charge is 0.220 e. The highest BCUT2D eigenvalue weighted by Crippen LogP contribution is 2.14. The molecule has 0 radical (unpaired) electrons. The highest BCUT2D eigenvalue weighted by Gasteiger charge is 2.06. The number of hydrogen-bond donors (Lipinski definition) is 1. The normalized spacial score (nSPS) is 10.7. The van der Waals surface area contributed by atoms with E-state index in [9.17, 15) is 4.79 Å². The first-order valence-corrected chi connectivity index (χ1v) is 7.57. The number of amides is 1. The number of aromatic nitrogens is 2. The molecule has 0 spiro atoms. The number of nitrogens with one attached hydrogen (secondary N) is 1. The van der Waals surface area contributed by atoms with Crippen LogP contribution in [0.1, 0.15) is 17.5 Å². The summed E-state index contributed by atoms with van der Waals surface area (Å²) in [5.41, 5.74) is 3.16. The second-order valence-corrected chi connectivity index (χ2v) is 5.32. The van der Waals surface area contributed by atoms with Crippen LogP contribution in [0, 0.1) is 0 Å². The number of benzene rings is 1. The SMILES string of the molecule is COc1cccc(CCC(=O)NCc2cccn3nccc23)c1. The van der Waals surface area contributed by atoms with Gasteiger partial charge in [0.2, 0.25) is 5.91 Å². The molecule has 23 heavy (non-hydrogen) atoms. The van der Waals surface area contributed by atoms with Crippen molar-refractivity contribution in [1.29, 1.82) is 0 Å². The Labute approximate surface area is 134 Å². The summed E-state index contributed by atoms with van der Waals surface area (Å²) in [5.74, 6) is 0.852. The molecule has 3 rings (SSSR count). The van der Waals surface area contributed by atoms with Gasteiger partial charge in [-0.1, -0.05) is 18.2 Å². The van der Waals surface area contributed by atoms with E-state index in [1.54, 1.807) is 17.8 Å². The van der Waals surface area contributed by atoms with Gasteiger partial charge in [-0.2, -0.15) is 5.10 Å². The standard InChI is InChI=1S/C18H19N3O2/c1-23-16-6-2-4-14(12-16)7-8-18(22)19-13-15-5-3-11-21-17(15)9-10-20-21/h2-6,9-12H,7-8,13H2,1H3,(H,19,22). The lowest BCUT2D eigenvalue weighted by Crippen LogP contribution is -2.23. The Hall–Kier alpha value is -2.82. The van der Waals surface area contributed by atoms with Gasteiger partial charge in [0.1, 0.15) is 5.75 Å². The van der Waals surface area contributed by atoms with E-state index < -0.39 is 0 Å². The second kappa shape index (κ2) is 6.96. The zero-order valence-electron chi connectivity index (χ0n) is 13.0. The quantitative estimate of drug-likeness (QED) is 0.761. The Kier molecular flexibility index (Phi) is 4.57. The average Bonchev–Trinajstić information content (AvgIpc) is 3.07. The van der Waals surface area contributed by atoms with E-state index in [1.807, 2.05) is 48.7 Å². The van der Waals surface area contributed by atoms with Crippen LogP contribution in [-0.2, 0) is 17.8 Å². The molecule has 1 N–H and O–H groups in total. The summed E-state index contributed by atoms with van der Waals surface area (Å²) < 4.78 is 6.99. The number of methoxy groups -OCH3 is 1. The maximum atomic E-state index is 12.1. The molecule has 0 fully saturated rings. The van der Waals surface area contributed by atoms with E-state index in [1.165, 1.54) is 0 Å². The lowest BCUT2D eigenvalue weighted by Gasteiger charge is -2.07. The fraction of sp³-hybridized carbons (Fsp3) is 0.222. The van der Waals surface area contributed by atoms with Crippen LogP contribution in [-0.4, -0.2) is 22.6 Å². The molecule has 0 atom stereocenters. The molecule has 2 heterocycles. The minimum Gasteiger partial charge on any atom is -0.497 e. The Morgan fingerprint density at radius 3 is 3.04 bits per heavy atom.